The Kier molecular flexibility index (Phi) is 3.76. The molecule has 0 aliphatic carbocycles. The van der Waals surface area contributed by atoms with E-state index in [4.69, 9.17) is 5.11 Å². The Hall–Kier alpha value is -1.69. The number of carboxylic acids is 1. The second-order valence-electron chi connectivity index (χ2n) is 4.80. The van der Waals surface area contributed by atoms with Gasteiger partial charge in [-0.1, -0.05) is 0 Å². The molecule has 2 N–H and O–H groups in total. The summed E-state index contributed by atoms with van der Waals surface area (Å²) in [6.45, 7) is 3.26. The second-order valence-corrected chi connectivity index (χ2v) is 4.80. The smallest absolute Gasteiger partial charge is 0.356 e. The minimum atomic E-state index is -1.05. The van der Waals surface area contributed by atoms with E-state index in [9.17, 15) is 4.79 Å². The number of likely N-dealkylation sites (tertiary alicyclic amines) is 1. The van der Waals surface area contributed by atoms with Gasteiger partial charge >= 0.3 is 5.97 Å². The molecule has 0 spiro atoms. The lowest BCUT2D eigenvalue weighted by Crippen LogP contribution is -2.42. The van der Waals surface area contributed by atoms with Crippen LogP contribution in [0.4, 0.5) is 5.82 Å². The fourth-order valence-corrected chi connectivity index (χ4v) is 2.15. The molecule has 0 bridgehead atoms. The summed E-state index contributed by atoms with van der Waals surface area (Å²) >= 11 is 0. The average Bonchev–Trinajstić information content (AvgIpc) is 2.34. The van der Waals surface area contributed by atoms with Crippen LogP contribution in [0.15, 0.2) is 12.1 Å². The van der Waals surface area contributed by atoms with Gasteiger partial charge in [-0.2, -0.15) is 0 Å². The lowest BCUT2D eigenvalue weighted by Gasteiger charge is -2.35. The van der Waals surface area contributed by atoms with Gasteiger partial charge in [-0.25, -0.2) is 4.79 Å². The third kappa shape index (κ3) is 2.95. The van der Waals surface area contributed by atoms with E-state index in [1.165, 1.54) is 6.07 Å². The number of aromatic nitrogens is 2. The van der Waals surface area contributed by atoms with Crippen LogP contribution in [0.3, 0.4) is 0 Å². The molecule has 18 heavy (non-hydrogen) atoms. The molecule has 1 fully saturated rings. The molecule has 1 aliphatic rings. The number of carbonyl (C=O) groups is 1. The second kappa shape index (κ2) is 5.30. The lowest BCUT2D eigenvalue weighted by atomic mass is 9.99. The maximum Gasteiger partial charge on any atom is 0.356 e. The molecular weight excluding hydrogens is 232 g/mol. The molecule has 0 saturated carbocycles. The largest absolute Gasteiger partial charge is 0.476 e. The quantitative estimate of drug-likeness (QED) is 0.835. The Morgan fingerprint density at radius 2 is 2.28 bits per heavy atom. The van der Waals surface area contributed by atoms with Crippen LogP contribution >= 0.6 is 0 Å². The number of hydrogen-bond acceptors (Lipinski definition) is 5. The van der Waals surface area contributed by atoms with Gasteiger partial charge < -0.3 is 15.3 Å². The first-order chi connectivity index (χ1) is 8.56. The Bertz CT molecular complexity index is 421. The van der Waals surface area contributed by atoms with Gasteiger partial charge in [0.25, 0.3) is 0 Å². The highest BCUT2D eigenvalue weighted by Gasteiger charge is 2.22. The zero-order chi connectivity index (χ0) is 13.1. The Balaban J connectivity index is 1.95. The van der Waals surface area contributed by atoms with E-state index < -0.39 is 5.97 Å². The van der Waals surface area contributed by atoms with Gasteiger partial charge in [0, 0.05) is 18.6 Å². The molecule has 2 heterocycles. The molecule has 1 saturated heterocycles. The number of aromatic carboxylic acids is 1. The Morgan fingerprint density at radius 1 is 1.50 bits per heavy atom. The zero-order valence-electron chi connectivity index (χ0n) is 10.6. The lowest BCUT2D eigenvalue weighted by molar-refractivity contribution is 0.0689. The summed E-state index contributed by atoms with van der Waals surface area (Å²) in [5, 5.41) is 19.6. The number of carboxylic acid groups (broad SMARTS) is 1. The molecule has 6 heteroatoms. The first-order valence-corrected chi connectivity index (χ1v) is 6.10. The van der Waals surface area contributed by atoms with Crippen molar-refractivity contribution in [3.8, 4) is 0 Å². The minimum Gasteiger partial charge on any atom is -0.476 e. The number of nitrogens with zero attached hydrogens (tertiary/aromatic N) is 3. The summed E-state index contributed by atoms with van der Waals surface area (Å²) in [6.07, 6.45) is 2.11. The maximum atomic E-state index is 10.7. The van der Waals surface area contributed by atoms with Crippen LogP contribution in [0.2, 0.25) is 0 Å². The highest BCUT2D eigenvalue weighted by Crippen LogP contribution is 2.18. The van der Waals surface area contributed by atoms with Gasteiger partial charge in [0.05, 0.1) is 0 Å². The number of rotatable bonds is 3. The van der Waals surface area contributed by atoms with Crippen molar-refractivity contribution in [3.63, 3.8) is 0 Å². The van der Waals surface area contributed by atoms with Gasteiger partial charge in [0.15, 0.2) is 5.69 Å². The van der Waals surface area contributed by atoms with Gasteiger partial charge in [0.1, 0.15) is 5.82 Å². The molecule has 0 aromatic carbocycles. The Labute approximate surface area is 106 Å². The van der Waals surface area contributed by atoms with E-state index in [-0.39, 0.29) is 5.69 Å². The average molecular weight is 250 g/mol. The molecule has 1 aromatic rings. The molecule has 2 rings (SSSR count). The molecule has 1 aromatic heterocycles. The Morgan fingerprint density at radius 3 is 2.83 bits per heavy atom. The van der Waals surface area contributed by atoms with Crippen molar-refractivity contribution in [2.24, 2.45) is 0 Å². The summed E-state index contributed by atoms with van der Waals surface area (Å²) in [5.74, 6) is -0.413. The fourth-order valence-electron chi connectivity index (χ4n) is 2.15. The normalized spacial score (nSPS) is 24.8. The van der Waals surface area contributed by atoms with E-state index in [2.05, 4.69) is 34.4 Å². The van der Waals surface area contributed by atoms with Crippen molar-refractivity contribution >= 4 is 11.8 Å². The summed E-state index contributed by atoms with van der Waals surface area (Å²) in [6, 6.07) is 4.05. The first-order valence-electron chi connectivity index (χ1n) is 6.10. The number of anilines is 1. The number of hydrogen-bond donors (Lipinski definition) is 2. The summed E-state index contributed by atoms with van der Waals surface area (Å²) in [7, 11) is 2.13. The summed E-state index contributed by atoms with van der Waals surface area (Å²) in [5.41, 5.74) is -0.0303. The molecule has 1 aliphatic heterocycles. The molecule has 6 nitrogen and oxygen atoms in total. The van der Waals surface area contributed by atoms with E-state index in [1.807, 2.05) is 0 Å². The van der Waals surface area contributed by atoms with Crippen LogP contribution < -0.4 is 5.32 Å². The first kappa shape index (κ1) is 12.8. The van der Waals surface area contributed by atoms with Gasteiger partial charge in [-0.3, -0.25) is 0 Å². The van der Waals surface area contributed by atoms with E-state index >= 15 is 0 Å². The minimum absolute atomic E-state index is 0.0303. The van der Waals surface area contributed by atoms with Crippen LogP contribution in [0, 0.1) is 0 Å². The standard InChI is InChI=1S/C12H18N4O2/c1-8-7-9(5-6-16(8)2)13-11-4-3-10(12(17)18)14-15-11/h3-4,8-9H,5-7H2,1-2H3,(H,13,15)(H,17,18). The van der Waals surface area contributed by atoms with Crippen LogP contribution in [0.5, 0.6) is 0 Å². The van der Waals surface area contributed by atoms with Crippen molar-refractivity contribution in [1.82, 2.24) is 15.1 Å². The van der Waals surface area contributed by atoms with Crippen molar-refractivity contribution in [2.75, 3.05) is 18.9 Å². The van der Waals surface area contributed by atoms with E-state index in [0.717, 1.165) is 19.4 Å². The molecule has 98 valence electrons. The third-order valence-electron chi connectivity index (χ3n) is 3.44. The maximum absolute atomic E-state index is 10.7. The van der Waals surface area contributed by atoms with Gasteiger partial charge in [0.2, 0.25) is 0 Å². The van der Waals surface area contributed by atoms with E-state index in [0.29, 0.717) is 17.9 Å². The highest BCUT2D eigenvalue weighted by molar-refractivity contribution is 5.85. The van der Waals surface area contributed by atoms with Crippen LogP contribution in [0.1, 0.15) is 30.3 Å². The molecule has 0 amide bonds. The van der Waals surface area contributed by atoms with Crippen molar-refractivity contribution in [1.29, 1.82) is 0 Å². The van der Waals surface area contributed by atoms with E-state index in [1.54, 1.807) is 6.07 Å². The number of nitrogens with one attached hydrogen (secondary N) is 1. The van der Waals surface area contributed by atoms with Crippen molar-refractivity contribution in [3.05, 3.63) is 17.8 Å². The third-order valence-corrected chi connectivity index (χ3v) is 3.44. The van der Waals surface area contributed by atoms with Gasteiger partial charge in [-0.05, 0) is 38.9 Å². The van der Waals surface area contributed by atoms with Crippen LogP contribution in [-0.4, -0.2) is 51.8 Å². The topological polar surface area (TPSA) is 78.3 Å². The summed E-state index contributed by atoms with van der Waals surface area (Å²) < 4.78 is 0. The molecule has 2 atom stereocenters. The van der Waals surface area contributed by atoms with Crippen molar-refractivity contribution < 1.29 is 9.90 Å². The highest BCUT2D eigenvalue weighted by atomic mass is 16.4. The summed E-state index contributed by atoms with van der Waals surface area (Å²) in [4.78, 5) is 13.0. The predicted octanol–water partition coefficient (Wildman–Crippen LogP) is 1.07. The fraction of sp³-hybridized carbons (Fsp3) is 0.583. The monoisotopic (exact) mass is 250 g/mol. The van der Waals surface area contributed by atoms with Crippen LogP contribution in [-0.2, 0) is 0 Å². The van der Waals surface area contributed by atoms with Crippen LogP contribution in [0.25, 0.3) is 0 Å². The number of piperidine rings is 1. The SMILES string of the molecule is CC1CC(Nc2ccc(C(=O)O)nn2)CCN1C. The van der Waals surface area contributed by atoms with Crippen molar-refractivity contribution in [2.45, 2.75) is 31.8 Å². The molecule has 0 radical (unpaired) electrons. The molecular formula is C12H18N4O2. The van der Waals surface area contributed by atoms with Gasteiger partial charge in [-0.15, -0.1) is 10.2 Å². The zero-order valence-corrected chi connectivity index (χ0v) is 10.6. The predicted molar refractivity (Wildman–Crippen MR) is 67.7 cm³/mol. The molecule has 2 unspecified atom stereocenters.